The Hall–Kier alpha value is -1.02. The van der Waals surface area contributed by atoms with E-state index in [0.717, 1.165) is 17.0 Å². The summed E-state index contributed by atoms with van der Waals surface area (Å²) in [6.45, 7) is 2.50. The molecule has 0 aliphatic heterocycles. The Morgan fingerprint density at radius 2 is 2.08 bits per heavy atom. The minimum absolute atomic E-state index is 0.494. The molecule has 0 aliphatic carbocycles. The van der Waals surface area contributed by atoms with Crippen molar-refractivity contribution in [1.82, 2.24) is 0 Å². The molecule has 0 saturated heterocycles. The third kappa shape index (κ3) is 3.95. The van der Waals surface area contributed by atoms with Gasteiger partial charge in [0.2, 0.25) is 0 Å². The zero-order valence-electron chi connectivity index (χ0n) is 7.53. The van der Waals surface area contributed by atoms with Gasteiger partial charge in [0.05, 0.1) is 0 Å². The van der Waals surface area contributed by atoms with Gasteiger partial charge in [-0.25, -0.2) is 0 Å². The van der Waals surface area contributed by atoms with E-state index in [-0.39, 0.29) is 0 Å². The average Bonchev–Trinajstić information content (AvgIpc) is 2.15. The monoisotopic (exact) mass is 197 g/mol. The Kier molecular flexibility index (Phi) is 4.33. The van der Waals surface area contributed by atoms with Crippen LogP contribution in [-0.2, 0) is 11.4 Å². The number of halogens is 1. The third-order valence-electron chi connectivity index (χ3n) is 1.48. The molecule has 0 radical (unpaired) electrons. The molecule has 0 atom stereocenters. The molecule has 13 heavy (non-hydrogen) atoms. The summed E-state index contributed by atoms with van der Waals surface area (Å²) in [6, 6.07) is 7.52. The molecule has 0 aliphatic rings. The molecule has 3 heteroatoms. The normalized spacial score (nSPS) is 10.6. The maximum atomic E-state index is 5.73. The molecule has 0 amide bonds. The van der Waals surface area contributed by atoms with Gasteiger partial charge in [-0.2, -0.15) is 0 Å². The average molecular weight is 198 g/mol. The lowest BCUT2D eigenvalue weighted by Crippen LogP contribution is -1.86. The summed E-state index contributed by atoms with van der Waals surface area (Å²) in [5, 5.41) is 4.49. The highest BCUT2D eigenvalue weighted by atomic mass is 35.5. The molecule has 1 aromatic rings. The van der Waals surface area contributed by atoms with Gasteiger partial charge in [0.25, 0.3) is 0 Å². The summed E-state index contributed by atoms with van der Waals surface area (Å²) in [7, 11) is 0. The Morgan fingerprint density at radius 1 is 1.38 bits per heavy atom. The van der Waals surface area contributed by atoms with Crippen LogP contribution < -0.4 is 0 Å². The van der Waals surface area contributed by atoms with E-state index in [9.17, 15) is 0 Å². The van der Waals surface area contributed by atoms with E-state index < -0.39 is 0 Å². The first-order valence-electron chi connectivity index (χ1n) is 4.21. The zero-order chi connectivity index (χ0) is 9.52. The van der Waals surface area contributed by atoms with Gasteiger partial charge in [-0.05, 0) is 24.1 Å². The highest BCUT2D eigenvalue weighted by Gasteiger charge is 1.91. The standard InChI is InChI=1S/C10H12ClNO/c1-2-7-12-13-8-9-3-5-10(11)6-4-9/h3-7H,2,8H2,1H3. The molecule has 1 aromatic carbocycles. The molecule has 0 spiro atoms. The van der Waals surface area contributed by atoms with E-state index >= 15 is 0 Å². The van der Waals surface area contributed by atoms with Crippen molar-refractivity contribution in [2.75, 3.05) is 0 Å². The van der Waals surface area contributed by atoms with Crippen molar-refractivity contribution in [3.63, 3.8) is 0 Å². The second-order valence-corrected chi connectivity index (χ2v) is 3.03. The van der Waals surface area contributed by atoms with E-state index in [1.165, 1.54) is 0 Å². The maximum Gasteiger partial charge on any atom is 0.142 e. The quantitative estimate of drug-likeness (QED) is 0.537. The molecule has 1 rings (SSSR count). The second kappa shape index (κ2) is 5.60. The second-order valence-electron chi connectivity index (χ2n) is 2.60. The van der Waals surface area contributed by atoms with Gasteiger partial charge in [-0.3, -0.25) is 0 Å². The SMILES string of the molecule is CCC=NOCc1ccc(Cl)cc1. The predicted molar refractivity (Wildman–Crippen MR) is 55.0 cm³/mol. The highest BCUT2D eigenvalue weighted by molar-refractivity contribution is 6.30. The molecule has 0 heterocycles. The number of hydrogen-bond donors (Lipinski definition) is 0. The van der Waals surface area contributed by atoms with E-state index in [1.54, 1.807) is 6.21 Å². The summed E-state index contributed by atoms with van der Waals surface area (Å²) in [4.78, 5) is 5.03. The van der Waals surface area contributed by atoms with Crippen LogP contribution in [0, 0.1) is 0 Å². The summed E-state index contributed by atoms with van der Waals surface area (Å²) in [6.07, 6.45) is 2.62. The Balaban J connectivity index is 2.37. The van der Waals surface area contributed by atoms with E-state index in [0.29, 0.717) is 6.61 Å². The first kappa shape index (κ1) is 10.1. The van der Waals surface area contributed by atoms with Crippen LogP contribution in [0.25, 0.3) is 0 Å². The first-order valence-corrected chi connectivity index (χ1v) is 4.59. The fourth-order valence-electron chi connectivity index (χ4n) is 0.820. The molecular formula is C10H12ClNO. The molecule has 0 fully saturated rings. The highest BCUT2D eigenvalue weighted by Crippen LogP contribution is 2.10. The van der Waals surface area contributed by atoms with Crippen LogP contribution in [0.1, 0.15) is 18.9 Å². The molecule has 0 bridgehead atoms. The van der Waals surface area contributed by atoms with Crippen LogP contribution in [-0.4, -0.2) is 6.21 Å². The van der Waals surface area contributed by atoms with Crippen molar-refractivity contribution in [2.45, 2.75) is 20.0 Å². The number of benzene rings is 1. The Bertz CT molecular complexity index is 269. The predicted octanol–water partition coefficient (Wildman–Crippen LogP) is 3.25. The van der Waals surface area contributed by atoms with Crippen molar-refractivity contribution in [2.24, 2.45) is 5.16 Å². The van der Waals surface area contributed by atoms with Crippen LogP contribution in [0.4, 0.5) is 0 Å². The topological polar surface area (TPSA) is 21.6 Å². The summed E-state index contributed by atoms with van der Waals surface area (Å²) >= 11 is 5.73. The summed E-state index contributed by atoms with van der Waals surface area (Å²) in [5.74, 6) is 0. The van der Waals surface area contributed by atoms with Crippen molar-refractivity contribution < 1.29 is 4.84 Å². The largest absolute Gasteiger partial charge is 0.391 e. The van der Waals surface area contributed by atoms with Crippen molar-refractivity contribution in [3.8, 4) is 0 Å². The molecule has 2 nitrogen and oxygen atoms in total. The minimum atomic E-state index is 0.494. The number of hydrogen-bond acceptors (Lipinski definition) is 2. The van der Waals surface area contributed by atoms with Crippen LogP contribution >= 0.6 is 11.6 Å². The van der Waals surface area contributed by atoms with Gasteiger partial charge < -0.3 is 4.84 Å². The van der Waals surface area contributed by atoms with Crippen LogP contribution in [0.15, 0.2) is 29.4 Å². The lowest BCUT2D eigenvalue weighted by molar-refractivity contribution is 0.131. The zero-order valence-corrected chi connectivity index (χ0v) is 8.29. The van der Waals surface area contributed by atoms with Crippen molar-refractivity contribution in [1.29, 1.82) is 0 Å². The fraction of sp³-hybridized carbons (Fsp3) is 0.300. The van der Waals surface area contributed by atoms with E-state index in [2.05, 4.69) is 5.16 Å². The molecule has 70 valence electrons. The van der Waals surface area contributed by atoms with Crippen molar-refractivity contribution >= 4 is 17.8 Å². The molecule has 0 N–H and O–H groups in total. The van der Waals surface area contributed by atoms with Gasteiger partial charge in [0, 0.05) is 11.2 Å². The Morgan fingerprint density at radius 3 is 2.69 bits per heavy atom. The smallest absolute Gasteiger partial charge is 0.142 e. The lowest BCUT2D eigenvalue weighted by atomic mass is 10.2. The van der Waals surface area contributed by atoms with Gasteiger partial charge >= 0.3 is 0 Å². The number of oxime groups is 1. The minimum Gasteiger partial charge on any atom is -0.391 e. The van der Waals surface area contributed by atoms with E-state index in [4.69, 9.17) is 16.4 Å². The van der Waals surface area contributed by atoms with Gasteiger partial charge in [-0.1, -0.05) is 35.8 Å². The van der Waals surface area contributed by atoms with Gasteiger partial charge in [0.1, 0.15) is 6.61 Å². The first-order chi connectivity index (χ1) is 6.33. The van der Waals surface area contributed by atoms with Crippen molar-refractivity contribution in [3.05, 3.63) is 34.9 Å². The number of nitrogens with zero attached hydrogens (tertiary/aromatic N) is 1. The van der Waals surface area contributed by atoms with Gasteiger partial charge in [-0.15, -0.1) is 0 Å². The van der Waals surface area contributed by atoms with Crippen LogP contribution in [0.3, 0.4) is 0 Å². The lowest BCUT2D eigenvalue weighted by Gasteiger charge is -1.98. The number of rotatable bonds is 4. The fourth-order valence-corrected chi connectivity index (χ4v) is 0.946. The van der Waals surface area contributed by atoms with Gasteiger partial charge in [0.15, 0.2) is 0 Å². The third-order valence-corrected chi connectivity index (χ3v) is 1.73. The summed E-state index contributed by atoms with van der Waals surface area (Å²) < 4.78 is 0. The summed E-state index contributed by atoms with van der Waals surface area (Å²) in [5.41, 5.74) is 1.07. The van der Waals surface area contributed by atoms with E-state index in [1.807, 2.05) is 31.2 Å². The maximum absolute atomic E-state index is 5.73. The molecular weight excluding hydrogens is 186 g/mol. The molecule has 0 aromatic heterocycles. The Labute approximate surface area is 83.2 Å². The molecule has 0 saturated carbocycles. The van der Waals surface area contributed by atoms with Crippen LogP contribution in [0.2, 0.25) is 5.02 Å². The van der Waals surface area contributed by atoms with Crippen LogP contribution in [0.5, 0.6) is 0 Å². The molecule has 0 unspecified atom stereocenters.